The lowest BCUT2D eigenvalue weighted by Gasteiger charge is -2.29. The minimum Gasteiger partial charge on any atom is -0.493 e. The highest BCUT2D eigenvalue weighted by Crippen LogP contribution is 2.41. The summed E-state index contributed by atoms with van der Waals surface area (Å²) in [5.74, 6) is 6.91. The summed E-state index contributed by atoms with van der Waals surface area (Å²) in [6, 6.07) is 33.6. The summed E-state index contributed by atoms with van der Waals surface area (Å²) in [4.78, 5) is 1.76. The Morgan fingerprint density at radius 2 is 0.575 bits per heavy atom. The number of aliphatic hydroxyl groups is 3. The molecule has 4 atom stereocenters. The molecular formula is C57H63NO15. The Hall–Kier alpha value is -7.24. The first-order valence-corrected chi connectivity index (χ1v) is 24.5. The third-order valence-corrected chi connectivity index (χ3v) is 12.6. The second-order valence-corrected chi connectivity index (χ2v) is 18.0. The van der Waals surface area contributed by atoms with E-state index in [1.807, 2.05) is 36.4 Å². The lowest BCUT2D eigenvalue weighted by atomic mass is 9.94. The van der Waals surface area contributed by atoms with Gasteiger partial charge >= 0.3 is 0 Å². The number of rotatable bonds is 3. The Morgan fingerprint density at radius 3 is 0.836 bits per heavy atom. The third-order valence-electron chi connectivity index (χ3n) is 12.6. The largest absolute Gasteiger partial charge is 0.493 e. The van der Waals surface area contributed by atoms with Crippen LogP contribution in [0.2, 0.25) is 0 Å². The van der Waals surface area contributed by atoms with Crippen molar-refractivity contribution in [1.29, 1.82) is 0 Å². The molecule has 0 amide bonds. The van der Waals surface area contributed by atoms with Gasteiger partial charge in [0.05, 0.1) is 21.3 Å². The Balaban J connectivity index is 1.09. The van der Waals surface area contributed by atoms with Crippen molar-refractivity contribution in [3.8, 4) is 69.0 Å². The molecule has 16 nitrogen and oxygen atoms in total. The zero-order valence-corrected chi connectivity index (χ0v) is 41.4. The summed E-state index contributed by atoms with van der Waals surface area (Å²) in [5, 5.41) is 33.6. The van der Waals surface area contributed by atoms with E-state index in [1.54, 1.807) is 99.0 Å². The molecule has 20 rings (SSSR count). The van der Waals surface area contributed by atoms with E-state index in [0.717, 1.165) is 33.4 Å². The number of fused-ring (bicyclic) bond motifs is 1. The van der Waals surface area contributed by atoms with Crippen LogP contribution in [0.1, 0.15) is 33.4 Å². The molecule has 0 saturated heterocycles. The first-order chi connectivity index (χ1) is 35.7. The maximum absolute atomic E-state index is 11.2. The SMILES string of the molecule is COc1cc2c3cc1OCCOc1ccc(cc1)OCC(O)CN1C[C@H](O)COc4ccc(cc4)OCCOc4cc(c(cc4OC)Cc4cc(c(OC)cc4C3)OCCOc3ccc(cc3)OC[C@@H](O)C1)C2. The van der Waals surface area contributed by atoms with E-state index in [2.05, 4.69) is 0 Å². The molecule has 0 aromatic heterocycles. The molecule has 0 spiro atoms. The molecule has 0 saturated carbocycles. The molecule has 16 bridgehead atoms. The molecule has 0 radical (unpaired) electrons. The standard InChI is InChI=1S/C57H63NO15/c1-62-52-25-37-22-41-29-56-54(64-3)27-39(41)24-42-30-57-53(63-2)26-38(42)23-40(37)28-55(52)68-19-16-65-46-4-10-49(11-5-46)71-34-43(59)31-58(32-44(60)35-72-50-12-6-47(7-13-50)66-17-20-69-56)33-45(61)36-73-51-14-8-48(9-15-51)67-18-21-70-57/h4-15,25-30,43-45,59-61H,16-24,31-36H2,1-3H3/t43-,44-,45?/m0/s1. The molecule has 13 heterocycles. The van der Waals surface area contributed by atoms with Gasteiger partial charge in [-0.25, -0.2) is 0 Å². The lowest BCUT2D eigenvalue weighted by Crippen LogP contribution is -2.45. The van der Waals surface area contributed by atoms with Crippen LogP contribution in [0.4, 0.5) is 0 Å². The minimum atomic E-state index is -0.978. The van der Waals surface area contributed by atoms with Crippen molar-refractivity contribution >= 4 is 0 Å². The zero-order chi connectivity index (χ0) is 50.5. The van der Waals surface area contributed by atoms with Crippen LogP contribution < -0.4 is 56.8 Å². The van der Waals surface area contributed by atoms with Gasteiger partial charge in [-0.1, -0.05) is 0 Å². The van der Waals surface area contributed by atoms with E-state index in [0.29, 0.717) is 88.3 Å². The first kappa shape index (κ1) is 50.7. The number of nitrogens with zero attached hydrogens (tertiary/aromatic N) is 1. The molecule has 13 aliphatic heterocycles. The summed E-state index contributed by atoms with van der Waals surface area (Å²) in [5.41, 5.74) is 6.26. The van der Waals surface area contributed by atoms with Crippen molar-refractivity contribution in [1.82, 2.24) is 4.90 Å². The summed E-state index contributed by atoms with van der Waals surface area (Å²) >= 11 is 0. The van der Waals surface area contributed by atoms with Gasteiger partial charge < -0.3 is 72.2 Å². The van der Waals surface area contributed by atoms with Gasteiger partial charge in [0.25, 0.3) is 0 Å². The summed E-state index contributed by atoms with van der Waals surface area (Å²) in [7, 11) is 4.90. The van der Waals surface area contributed by atoms with Crippen molar-refractivity contribution in [3.05, 3.63) is 143 Å². The van der Waals surface area contributed by atoms with Crippen LogP contribution in [-0.4, -0.2) is 139 Å². The molecule has 73 heavy (non-hydrogen) atoms. The zero-order valence-electron chi connectivity index (χ0n) is 41.4. The van der Waals surface area contributed by atoms with Crippen LogP contribution in [0.15, 0.2) is 109 Å². The highest BCUT2D eigenvalue weighted by atomic mass is 16.6. The van der Waals surface area contributed by atoms with Gasteiger partial charge in [-0.2, -0.15) is 0 Å². The number of methoxy groups -OCH3 is 3. The van der Waals surface area contributed by atoms with Crippen LogP contribution in [0, 0.1) is 0 Å². The predicted molar refractivity (Wildman–Crippen MR) is 271 cm³/mol. The van der Waals surface area contributed by atoms with Gasteiger partial charge in [-0.3, -0.25) is 4.90 Å². The number of hydrogen-bond acceptors (Lipinski definition) is 16. The van der Waals surface area contributed by atoms with Gasteiger partial charge in [0.2, 0.25) is 0 Å². The van der Waals surface area contributed by atoms with Crippen LogP contribution in [0.3, 0.4) is 0 Å². The fourth-order valence-electron chi connectivity index (χ4n) is 9.04. The van der Waals surface area contributed by atoms with Crippen LogP contribution in [0.5, 0.6) is 69.0 Å². The van der Waals surface area contributed by atoms with Crippen molar-refractivity contribution in [2.45, 2.75) is 37.6 Å². The average molecular weight is 1000 g/mol. The molecule has 14 aliphatic rings. The van der Waals surface area contributed by atoms with Crippen molar-refractivity contribution in [2.75, 3.05) is 100 Å². The van der Waals surface area contributed by atoms with E-state index in [1.165, 1.54) is 0 Å². The molecule has 16 heteroatoms. The van der Waals surface area contributed by atoms with E-state index in [9.17, 15) is 15.3 Å². The maximum Gasteiger partial charge on any atom is 0.161 e. The summed E-state index contributed by atoms with van der Waals surface area (Å²) < 4.78 is 73.2. The summed E-state index contributed by atoms with van der Waals surface area (Å²) in [6.07, 6.45) is -1.25. The molecule has 0 fully saturated rings. The highest BCUT2D eigenvalue weighted by molar-refractivity contribution is 5.58. The topological polar surface area (TPSA) is 175 Å². The van der Waals surface area contributed by atoms with Gasteiger partial charge in [-0.15, -0.1) is 0 Å². The number of ether oxygens (including phenoxy) is 12. The van der Waals surface area contributed by atoms with E-state index >= 15 is 0 Å². The molecule has 1 aliphatic carbocycles. The third kappa shape index (κ3) is 13.6. The molecule has 386 valence electrons. The van der Waals surface area contributed by atoms with Crippen LogP contribution in [0.25, 0.3) is 0 Å². The van der Waals surface area contributed by atoms with E-state index in [-0.39, 0.29) is 79.1 Å². The van der Waals surface area contributed by atoms with Crippen molar-refractivity contribution in [3.63, 3.8) is 0 Å². The molecule has 3 N–H and O–H groups in total. The molecule has 2 unspecified atom stereocenters. The van der Waals surface area contributed by atoms with Crippen molar-refractivity contribution in [2.24, 2.45) is 0 Å². The normalized spacial score (nSPS) is 19.8. The highest BCUT2D eigenvalue weighted by Gasteiger charge is 2.24. The Kier molecular flexibility index (Phi) is 17.0. The molecule has 6 aromatic carbocycles. The number of hydrogen-bond donors (Lipinski definition) is 3. The smallest absolute Gasteiger partial charge is 0.161 e. The Labute approximate surface area is 425 Å². The lowest BCUT2D eigenvalue weighted by molar-refractivity contribution is 0.00359. The maximum atomic E-state index is 11.2. The predicted octanol–water partition coefficient (Wildman–Crippen LogP) is 6.72. The molecular weight excluding hydrogens is 939 g/mol. The van der Waals surface area contributed by atoms with Crippen molar-refractivity contribution < 1.29 is 72.2 Å². The second kappa shape index (κ2) is 24.5. The average Bonchev–Trinajstić information content (AvgIpc) is 3.45. The number of aliphatic hydroxyl groups excluding tert-OH is 3. The first-order valence-electron chi connectivity index (χ1n) is 24.5. The number of benzene rings is 6. The summed E-state index contributed by atoms with van der Waals surface area (Å²) in [6.45, 7) is 1.53. The van der Waals surface area contributed by atoms with E-state index < -0.39 is 18.3 Å². The van der Waals surface area contributed by atoms with Gasteiger partial charge in [0.1, 0.15) is 112 Å². The van der Waals surface area contributed by atoms with Gasteiger partial charge in [0, 0.05) is 19.6 Å². The van der Waals surface area contributed by atoms with Gasteiger partial charge in [-0.05, 0) is 162 Å². The van der Waals surface area contributed by atoms with Crippen LogP contribution in [-0.2, 0) is 19.3 Å². The molecule has 6 aromatic rings. The van der Waals surface area contributed by atoms with Gasteiger partial charge in [0.15, 0.2) is 34.5 Å². The van der Waals surface area contributed by atoms with E-state index in [4.69, 9.17) is 56.8 Å². The fraction of sp³-hybridized carbons (Fsp3) is 0.368. The Bertz CT molecular complexity index is 2440. The second-order valence-electron chi connectivity index (χ2n) is 18.0. The quantitative estimate of drug-likeness (QED) is 0.170. The minimum absolute atomic E-state index is 0.0466. The fourth-order valence-corrected chi connectivity index (χ4v) is 9.04. The Morgan fingerprint density at radius 1 is 0.342 bits per heavy atom. The monoisotopic (exact) mass is 1000 g/mol. The van der Waals surface area contributed by atoms with Crippen LogP contribution >= 0.6 is 0 Å².